The fraction of sp³-hybridized carbons (Fsp3) is 0.500. The summed E-state index contributed by atoms with van der Waals surface area (Å²) in [5, 5.41) is 8.65. The maximum atomic E-state index is 13.9. The van der Waals surface area contributed by atoms with E-state index in [4.69, 9.17) is 5.11 Å². The van der Waals surface area contributed by atoms with Crippen molar-refractivity contribution in [3.05, 3.63) is 35.1 Å². The first-order chi connectivity index (χ1) is 8.16. The Labute approximate surface area is 100 Å². The van der Waals surface area contributed by atoms with Crippen LogP contribution in [0.1, 0.15) is 49.1 Å². The molecule has 0 bridgehead atoms. The van der Waals surface area contributed by atoms with Crippen LogP contribution in [0.5, 0.6) is 0 Å². The molecule has 1 saturated carbocycles. The van der Waals surface area contributed by atoms with Gasteiger partial charge in [0.25, 0.3) is 0 Å². The van der Waals surface area contributed by atoms with Crippen LogP contribution in [0.15, 0.2) is 18.2 Å². The minimum atomic E-state index is -0.921. The fourth-order valence-electron chi connectivity index (χ4n) is 2.60. The van der Waals surface area contributed by atoms with Crippen molar-refractivity contribution in [1.29, 1.82) is 0 Å². The minimum absolute atomic E-state index is 0.109. The summed E-state index contributed by atoms with van der Waals surface area (Å²) >= 11 is 0. The molecule has 0 unspecified atom stereocenters. The highest BCUT2D eigenvalue weighted by atomic mass is 19.1. The molecule has 0 saturated heterocycles. The summed E-state index contributed by atoms with van der Waals surface area (Å²) in [7, 11) is 0. The third-order valence-electron chi connectivity index (χ3n) is 3.47. The Hall–Kier alpha value is -1.38. The van der Waals surface area contributed by atoms with Gasteiger partial charge in [0.1, 0.15) is 5.82 Å². The molecule has 2 nitrogen and oxygen atoms in total. The van der Waals surface area contributed by atoms with Gasteiger partial charge in [0.05, 0.1) is 6.42 Å². The van der Waals surface area contributed by atoms with E-state index in [1.165, 1.54) is 25.3 Å². The second kappa shape index (κ2) is 5.30. The van der Waals surface area contributed by atoms with Gasteiger partial charge in [-0.2, -0.15) is 0 Å². The van der Waals surface area contributed by atoms with Crippen LogP contribution in [0.3, 0.4) is 0 Å². The summed E-state index contributed by atoms with van der Waals surface area (Å²) in [4.78, 5) is 10.5. The van der Waals surface area contributed by atoms with Gasteiger partial charge in [-0.25, -0.2) is 4.39 Å². The average Bonchev–Trinajstić information content (AvgIpc) is 2.29. The summed E-state index contributed by atoms with van der Waals surface area (Å²) in [5.74, 6) is -0.840. The van der Waals surface area contributed by atoms with E-state index in [9.17, 15) is 9.18 Å². The summed E-state index contributed by atoms with van der Waals surface area (Å²) < 4.78 is 13.9. The zero-order valence-electron chi connectivity index (χ0n) is 9.79. The van der Waals surface area contributed by atoms with E-state index in [1.54, 1.807) is 12.1 Å². The molecular weight excluding hydrogens is 219 g/mol. The first kappa shape index (κ1) is 12.1. The average molecular weight is 236 g/mol. The van der Waals surface area contributed by atoms with Gasteiger partial charge >= 0.3 is 5.97 Å². The molecule has 3 heteroatoms. The van der Waals surface area contributed by atoms with E-state index in [-0.39, 0.29) is 12.2 Å². The molecule has 2 rings (SSSR count). The van der Waals surface area contributed by atoms with Crippen molar-refractivity contribution in [2.24, 2.45) is 0 Å². The number of hydrogen-bond acceptors (Lipinski definition) is 1. The van der Waals surface area contributed by atoms with E-state index < -0.39 is 5.97 Å². The van der Waals surface area contributed by atoms with Gasteiger partial charge in [-0.15, -0.1) is 0 Å². The Morgan fingerprint density at radius 1 is 1.29 bits per heavy atom. The van der Waals surface area contributed by atoms with Crippen molar-refractivity contribution in [2.75, 3.05) is 0 Å². The number of halogens is 1. The Balaban J connectivity index is 2.15. The van der Waals surface area contributed by atoms with E-state index in [1.807, 2.05) is 0 Å². The number of rotatable bonds is 3. The number of hydrogen-bond donors (Lipinski definition) is 1. The van der Waals surface area contributed by atoms with Gasteiger partial charge < -0.3 is 5.11 Å². The quantitative estimate of drug-likeness (QED) is 0.872. The van der Waals surface area contributed by atoms with Crippen LogP contribution in [-0.2, 0) is 11.2 Å². The Morgan fingerprint density at radius 3 is 2.59 bits per heavy atom. The van der Waals surface area contributed by atoms with Crippen molar-refractivity contribution in [1.82, 2.24) is 0 Å². The molecule has 0 aromatic heterocycles. The largest absolute Gasteiger partial charge is 0.481 e. The first-order valence-electron chi connectivity index (χ1n) is 6.17. The van der Waals surface area contributed by atoms with Gasteiger partial charge in [-0.3, -0.25) is 4.79 Å². The van der Waals surface area contributed by atoms with Gasteiger partial charge in [-0.05, 0) is 36.0 Å². The molecule has 92 valence electrons. The SMILES string of the molecule is O=C(O)Cc1ccc(C2CCCCC2)c(F)c1. The second-order valence-corrected chi connectivity index (χ2v) is 4.76. The monoisotopic (exact) mass is 236 g/mol. The molecule has 1 aliphatic carbocycles. The van der Waals surface area contributed by atoms with Gasteiger partial charge in [0.2, 0.25) is 0 Å². The van der Waals surface area contributed by atoms with E-state index in [2.05, 4.69) is 0 Å². The molecular formula is C14H17FO2. The standard InChI is InChI=1S/C14H17FO2/c15-13-8-10(9-14(16)17)6-7-12(13)11-4-2-1-3-5-11/h6-8,11H,1-5,9H2,(H,16,17). The topological polar surface area (TPSA) is 37.3 Å². The highest BCUT2D eigenvalue weighted by molar-refractivity contribution is 5.70. The number of carboxylic acids is 1. The maximum absolute atomic E-state index is 13.9. The lowest BCUT2D eigenvalue weighted by Crippen LogP contribution is -2.08. The molecule has 1 fully saturated rings. The lowest BCUT2D eigenvalue weighted by atomic mass is 9.83. The number of aliphatic carboxylic acids is 1. The lowest BCUT2D eigenvalue weighted by molar-refractivity contribution is -0.136. The van der Waals surface area contributed by atoms with Crippen LogP contribution < -0.4 is 0 Å². The van der Waals surface area contributed by atoms with Crippen LogP contribution >= 0.6 is 0 Å². The zero-order chi connectivity index (χ0) is 12.3. The number of carbonyl (C=O) groups is 1. The molecule has 1 aromatic carbocycles. The molecule has 0 radical (unpaired) electrons. The van der Waals surface area contributed by atoms with Crippen LogP contribution in [0.25, 0.3) is 0 Å². The van der Waals surface area contributed by atoms with Crippen molar-refractivity contribution in [3.8, 4) is 0 Å². The Bertz CT molecular complexity index is 409. The maximum Gasteiger partial charge on any atom is 0.307 e. The predicted molar refractivity (Wildman–Crippen MR) is 63.6 cm³/mol. The predicted octanol–water partition coefficient (Wildman–Crippen LogP) is 3.50. The number of carboxylic acid groups (broad SMARTS) is 1. The molecule has 1 aromatic rings. The van der Waals surface area contributed by atoms with E-state index >= 15 is 0 Å². The summed E-state index contributed by atoms with van der Waals surface area (Å²) in [5.41, 5.74) is 1.30. The number of benzene rings is 1. The molecule has 1 aliphatic rings. The highest BCUT2D eigenvalue weighted by Crippen LogP contribution is 2.34. The Kier molecular flexibility index (Phi) is 3.77. The molecule has 0 aliphatic heterocycles. The second-order valence-electron chi connectivity index (χ2n) is 4.76. The van der Waals surface area contributed by atoms with Crippen LogP contribution in [0, 0.1) is 5.82 Å². The van der Waals surface area contributed by atoms with Crippen LogP contribution in [-0.4, -0.2) is 11.1 Å². The van der Waals surface area contributed by atoms with Gasteiger partial charge in [0.15, 0.2) is 0 Å². The summed E-state index contributed by atoms with van der Waals surface area (Å²) in [6.07, 6.45) is 5.57. The van der Waals surface area contributed by atoms with Gasteiger partial charge in [-0.1, -0.05) is 31.4 Å². The highest BCUT2D eigenvalue weighted by Gasteiger charge is 2.19. The normalized spacial score (nSPS) is 17.0. The van der Waals surface area contributed by atoms with Gasteiger partial charge in [0, 0.05) is 0 Å². The van der Waals surface area contributed by atoms with Crippen LogP contribution in [0.2, 0.25) is 0 Å². The zero-order valence-corrected chi connectivity index (χ0v) is 9.79. The molecule has 0 heterocycles. The van der Waals surface area contributed by atoms with Crippen molar-refractivity contribution < 1.29 is 14.3 Å². The molecule has 0 amide bonds. The van der Waals surface area contributed by atoms with Crippen molar-refractivity contribution >= 4 is 5.97 Å². The fourth-order valence-corrected chi connectivity index (χ4v) is 2.60. The van der Waals surface area contributed by atoms with E-state index in [0.29, 0.717) is 11.5 Å². The van der Waals surface area contributed by atoms with E-state index in [0.717, 1.165) is 18.4 Å². The molecule has 0 spiro atoms. The Morgan fingerprint density at radius 2 is 2.00 bits per heavy atom. The van der Waals surface area contributed by atoms with Crippen molar-refractivity contribution in [2.45, 2.75) is 44.4 Å². The smallest absolute Gasteiger partial charge is 0.307 e. The molecule has 17 heavy (non-hydrogen) atoms. The summed E-state index contributed by atoms with van der Waals surface area (Å²) in [6.45, 7) is 0. The minimum Gasteiger partial charge on any atom is -0.481 e. The third kappa shape index (κ3) is 3.05. The molecule has 0 atom stereocenters. The lowest BCUT2D eigenvalue weighted by Gasteiger charge is -2.22. The third-order valence-corrected chi connectivity index (χ3v) is 3.47. The van der Waals surface area contributed by atoms with Crippen molar-refractivity contribution in [3.63, 3.8) is 0 Å². The van der Waals surface area contributed by atoms with Crippen LogP contribution in [0.4, 0.5) is 4.39 Å². The first-order valence-corrected chi connectivity index (χ1v) is 6.17. The molecule has 1 N–H and O–H groups in total. The summed E-state index contributed by atoms with van der Waals surface area (Å²) in [6, 6.07) is 4.88.